The van der Waals surface area contributed by atoms with Crippen LogP contribution in [0.3, 0.4) is 0 Å². The molecule has 3 nitrogen and oxygen atoms in total. The summed E-state index contributed by atoms with van der Waals surface area (Å²) in [5.74, 6) is 0.136. The van der Waals surface area contributed by atoms with Crippen molar-refractivity contribution in [3.8, 4) is 6.07 Å². The van der Waals surface area contributed by atoms with E-state index in [2.05, 4.69) is 26.9 Å². The molecule has 0 radical (unpaired) electrons. The highest BCUT2D eigenvalue weighted by Crippen LogP contribution is 2.29. The molecular weight excluding hydrogens is 304 g/mol. The number of nitrogens with zero attached hydrogens (tertiary/aromatic N) is 2. The minimum Gasteiger partial charge on any atom is -0.292 e. The zero-order chi connectivity index (χ0) is 13.8. The van der Waals surface area contributed by atoms with E-state index < -0.39 is 0 Å². The largest absolute Gasteiger partial charge is 0.292 e. The summed E-state index contributed by atoms with van der Waals surface area (Å²) in [6.07, 6.45) is 2.77. The Morgan fingerprint density at radius 1 is 1.47 bits per heavy atom. The number of rotatable bonds is 6. The van der Waals surface area contributed by atoms with Crippen molar-refractivity contribution >= 4 is 21.7 Å². The minimum atomic E-state index is -0.151. The second-order valence-electron chi connectivity index (χ2n) is 4.92. The van der Waals surface area contributed by atoms with Crippen molar-refractivity contribution < 1.29 is 4.79 Å². The van der Waals surface area contributed by atoms with Gasteiger partial charge < -0.3 is 0 Å². The molecule has 1 saturated carbocycles. The molecule has 0 amide bonds. The third-order valence-electron chi connectivity index (χ3n) is 3.50. The molecule has 1 aliphatic carbocycles. The molecule has 0 saturated heterocycles. The van der Waals surface area contributed by atoms with Crippen molar-refractivity contribution in [3.63, 3.8) is 0 Å². The van der Waals surface area contributed by atoms with E-state index in [0.717, 1.165) is 22.9 Å². The maximum Gasteiger partial charge on any atom is 0.179 e. The maximum absolute atomic E-state index is 12.5. The summed E-state index contributed by atoms with van der Waals surface area (Å²) in [5.41, 5.74) is 0.735. The molecule has 0 spiro atoms. The number of Topliss-reactive ketones (excluding diaryl/α,β-unsaturated/α-hetero) is 1. The molecule has 1 atom stereocenters. The standard InChI is InChI=1S/C15H17BrN2O/c1-11(18(10-2-9-17)14-7-8-14)15(19)12-3-5-13(16)6-4-12/h3-6,11,14H,2,7-8,10H2,1H3. The summed E-state index contributed by atoms with van der Waals surface area (Å²) in [7, 11) is 0. The van der Waals surface area contributed by atoms with Gasteiger partial charge in [0.15, 0.2) is 5.78 Å². The van der Waals surface area contributed by atoms with Crippen LogP contribution < -0.4 is 0 Å². The Bertz CT molecular complexity index is 488. The topological polar surface area (TPSA) is 44.1 Å². The quantitative estimate of drug-likeness (QED) is 0.754. The third kappa shape index (κ3) is 3.65. The number of ketones is 1. The first-order valence-corrected chi connectivity index (χ1v) is 7.35. The molecule has 1 aliphatic rings. The summed E-state index contributed by atoms with van der Waals surface area (Å²) in [4.78, 5) is 14.6. The number of hydrogen-bond acceptors (Lipinski definition) is 3. The van der Waals surface area contributed by atoms with Crippen LogP contribution in [0.5, 0.6) is 0 Å². The number of carbonyl (C=O) groups excluding carboxylic acids is 1. The van der Waals surface area contributed by atoms with E-state index in [1.54, 1.807) is 0 Å². The molecule has 1 aromatic carbocycles. The van der Waals surface area contributed by atoms with Crippen LogP contribution in [-0.2, 0) is 0 Å². The van der Waals surface area contributed by atoms with Gasteiger partial charge in [0.05, 0.1) is 12.1 Å². The number of benzene rings is 1. The monoisotopic (exact) mass is 320 g/mol. The van der Waals surface area contributed by atoms with E-state index in [9.17, 15) is 4.79 Å². The molecule has 1 aromatic rings. The predicted molar refractivity (Wildman–Crippen MR) is 77.9 cm³/mol. The molecule has 0 aliphatic heterocycles. The molecule has 0 heterocycles. The first-order valence-electron chi connectivity index (χ1n) is 6.56. The highest BCUT2D eigenvalue weighted by atomic mass is 79.9. The average Bonchev–Trinajstić information content (AvgIpc) is 3.23. The van der Waals surface area contributed by atoms with Crippen LogP contribution in [0.15, 0.2) is 28.7 Å². The highest BCUT2D eigenvalue weighted by Gasteiger charge is 2.34. The van der Waals surface area contributed by atoms with Crippen LogP contribution in [0.4, 0.5) is 0 Å². The Morgan fingerprint density at radius 3 is 2.63 bits per heavy atom. The van der Waals surface area contributed by atoms with Crippen molar-refractivity contribution in [1.29, 1.82) is 5.26 Å². The zero-order valence-corrected chi connectivity index (χ0v) is 12.6. The van der Waals surface area contributed by atoms with Gasteiger partial charge in [-0.25, -0.2) is 0 Å². The summed E-state index contributed by atoms with van der Waals surface area (Å²) < 4.78 is 0.972. The Hall–Kier alpha value is -1.18. The number of carbonyl (C=O) groups is 1. The molecule has 4 heteroatoms. The molecule has 1 unspecified atom stereocenters. The third-order valence-corrected chi connectivity index (χ3v) is 4.03. The van der Waals surface area contributed by atoms with E-state index >= 15 is 0 Å². The maximum atomic E-state index is 12.5. The summed E-state index contributed by atoms with van der Waals surface area (Å²) in [6.45, 7) is 2.63. The molecule has 19 heavy (non-hydrogen) atoms. The van der Waals surface area contributed by atoms with Crippen LogP contribution >= 0.6 is 15.9 Å². The first-order chi connectivity index (χ1) is 9.13. The fourth-order valence-electron chi connectivity index (χ4n) is 2.28. The van der Waals surface area contributed by atoms with Gasteiger partial charge in [0.1, 0.15) is 0 Å². The van der Waals surface area contributed by atoms with Gasteiger partial charge in [-0.3, -0.25) is 9.69 Å². The molecule has 100 valence electrons. The average molecular weight is 321 g/mol. The van der Waals surface area contributed by atoms with Crippen LogP contribution in [0.25, 0.3) is 0 Å². The van der Waals surface area contributed by atoms with E-state index in [1.165, 1.54) is 0 Å². The molecule has 0 bridgehead atoms. The normalized spacial score (nSPS) is 16.1. The summed E-state index contributed by atoms with van der Waals surface area (Å²) >= 11 is 3.37. The number of halogens is 1. The Kier molecular flexibility index (Phi) is 4.73. The van der Waals surface area contributed by atoms with Gasteiger partial charge in [-0.05, 0) is 31.9 Å². The van der Waals surface area contributed by atoms with Crippen LogP contribution in [0.2, 0.25) is 0 Å². The minimum absolute atomic E-state index is 0.136. The van der Waals surface area contributed by atoms with Crippen molar-refractivity contribution in [2.24, 2.45) is 0 Å². The van der Waals surface area contributed by atoms with Gasteiger partial charge in [0.2, 0.25) is 0 Å². The second kappa shape index (κ2) is 6.31. The summed E-state index contributed by atoms with van der Waals surface area (Å²) in [6, 6.07) is 9.96. The lowest BCUT2D eigenvalue weighted by molar-refractivity contribution is 0.0829. The van der Waals surface area contributed by atoms with Gasteiger partial charge in [-0.15, -0.1) is 0 Å². The SMILES string of the molecule is CC(C(=O)c1ccc(Br)cc1)N(CCC#N)C1CC1. The summed E-state index contributed by atoms with van der Waals surface area (Å²) in [5, 5.41) is 8.72. The Morgan fingerprint density at radius 2 is 2.11 bits per heavy atom. The molecular formula is C15H17BrN2O. The fraction of sp³-hybridized carbons (Fsp3) is 0.467. The van der Waals surface area contributed by atoms with E-state index in [-0.39, 0.29) is 11.8 Å². The van der Waals surface area contributed by atoms with Crippen molar-refractivity contribution in [2.75, 3.05) is 6.54 Å². The van der Waals surface area contributed by atoms with Crippen molar-refractivity contribution in [3.05, 3.63) is 34.3 Å². The van der Waals surface area contributed by atoms with Crippen molar-refractivity contribution in [1.82, 2.24) is 4.90 Å². The Labute approximate surface area is 122 Å². The smallest absolute Gasteiger partial charge is 0.179 e. The van der Waals surface area contributed by atoms with E-state index in [4.69, 9.17) is 5.26 Å². The zero-order valence-electron chi connectivity index (χ0n) is 11.0. The van der Waals surface area contributed by atoms with Gasteiger partial charge in [-0.1, -0.05) is 28.1 Å². The van der Waals surface area contributed by atoms with Gasteiger partial charge in [0.25, 0.3) is 0 Å². The van der Waals surface area contributed by atoms with Crippen LogP contribution in [0.1, 0.15) is 36.5 Å². The first kappa shape index (κ1) is 14.2. The lowest BCUT2D eigenvalue weighted by Gasteiger charge is -2.27. The van der Waals surface area contributed by atoms with Crippen molar-refractivity contribution in [2.45, 2.75) is 38.3 Å². The van der Waals surface area contributed by atoms with Crippen LogP contribution in [0, 0.1) is 11.3 Å². The molecule has 2 rings (SSSR count). The van der Waals surface area contributed by atoms with Gasteiger partial charge >= 0.3 is 0 Å². The highest BCUT2D eigenvalue weighted by molar-refractivity contribution is 9.10. The van der Waals surface area contributed by atoms with Crippen LogP contribution in [-0.4, -0.2) is 29.3 Å². The van der Waals surface area contributed by atoms with E-state index in [1.807, 2.05) is 31.2 Å². The molecule has 1 fully saturated rings. The lowest BCUT2D eigenvalue weighted by atomic mass is 10.0. The van der Waals surface area contributed by atoms with Gasteiger partial charge in [-0.2, -0.15) is 5.26 Å². The number of nitriles is 1. The predicted octanol–water partition coefficient (Wildman–Crippen LogP) is 3.40. The Balaban J connectivity index is 2.08. The van der Waals surface area contributed by atoms with E-state index in [0.29, 0.717) is 19.0 Å². The second-order valence-corrected chi connectivity index (χ2v) is 5.84. The van der Waals surface area contributed by atoms with Gasteiger partial charge in [0, 0.05) is 29.0 Å². The molecule has 0 N–H and O–H groups in total. The number of hydrogen-bond donors (Lipinski definition) is 0. The lowest BCUT2D eigenvalue weighted by Crippen LogP contribution is -2.41. The molecule has 0 aromatic heterocycles. The fourth-order valence-corrected chi connectivity index (χ4v) is 2.55.